The number of halogens is 1. The lowest BCUT2D eigenvalue weighted by Gasteiger charge is -2.12. The van der Waals surface area contributed by atoms with Crippen molar-refractivity contribution in [3.63, 3.8) is 0 Å². The summed E-state index contributed by atoms with van der Waals surface area (Å²) in [4.78, 5) is 25.2. The lowest BCUT2D eigenvalue weighted by atomic mass is 10.0. The van der Waals surface area contributed by atoms with Crippen molar-refractivity contribution in [1.29, 1.82) is 0 Å². The van der Waals surface area contributed by atoms with Gasteiger partial charge in [0.2, 0.25) is 0 Å². The Kier molecular flexibility index (Phi) is 7.20. The molecule has 0 radical (unpaired) electrons. The minimum absolute atomic E-state index is 0.289. The standard InChI is InChI=1S/C27H21ClN2O4/c1-2-33-25-16-18(17-29-30-26(31)22-11-5-6-13-23(22)28)14-15-24(25)34-27(32)21-12-7-9-19-8-3-4-10-20(19)21/h3-17H,2H2,1H3,(H,30,31)/b29-17-. The second kappa shape index (κ2) is 10.6. The summed E-state index contributed by atoms with van der Waals surface area (Å²) >= 11 is 6.04. The van der Waals surface area contributed by atoms with Gasteiger partial charge in [0.15, 0.2) is 11.5 Å². The highest BCUT2D eigenvalue weighted by Crippen LogP contribution is 2.30. The molecule has 0 aromatic heterocycles. The number of benzene rings is 4. The van der Waals surface area contributed by atoms with Crippen molar-refractivity contribution < 1.29 is 19.1 Å². The van der Waals surface area contributed by atoms with Crippen molar-refractivity contribution in [2.75, 3.05) is 6.61 Å². The van der Waals surface area contributed by atoms with Crippen LogP contribution in [0.25, 0.3) is 10.8 Å². The van der Waals surface area contributed by atoms with Crippen LogP contribution in [0.5, 0.6) is 11.5 Å². The number of hydrogen-bond donors (Lipinski definition) is 1. The Morgan fingerprint density at radius 1 is 0.912 bits per heavy atom. The van der Waals surface area contributed by atoms with Crippen molar-refractivity contribution in [2.45, 2.75) is 6.92 Å². The maximum Gasteiger partial charge on any atom is 0.344 e. The van der Waals surface area contributed by atoms with Crippen LogP contribution >= 0.6 is 11.6 Å². The average Bonchev–Trinajstić information content (AvgIpc) is 2.85. The van der Waals surface area contributed by atoms with Crippen molar-refractivity contribution in [3.8, 4) is 11.5 Å². The van der Waals surface area contributed by atoms with E-state index in [1.54, 1.807) is 48.5 Å². The maximum atomic E-state index is 12.9. The Balaban J connectivity index is 1.51. The molecule has 6 nitrogen and oxygen atoms in total. The fraction of sp³-hybridized carbons (Fsp3) is 0.0741. The largest absolute Gasteiger partial charge is 0.490 e. The highest BCUT2D eigenvalue weighted by atomic mass is 35.5. The number of carbonyl (C=O) groups is 2. The predicted octanol–water partition coefficient (Wildman–Crippen LogP) is 5.88. The van der Waals surface area contributed by atoms with Crippen molar-refractivity contribution in [1.82, 2.24) is 5.43 Å². The van der Waals surface area contributed by atoms with Gasteiger partial charge >= 0.3 is 5.97 Å². The number of amides is 1. The Hall–Kier alpha value is -4.16. The molecule has 0 saturated heterocycles. The first-order valence-electron chi connectivity index (χ1n) is 10.6. The second-order valence-electron chi connectivity index (χ2n) is 7.23. The Morgan fingerprint density at radius 3 is 2.47 bits per heavy atom. The molecule has 0 unspecified atom stereocenters. The fourth-order valence-electron chi connectivity index (χ4n) is 3.39. The number of nitrogens with one attached hydrogen (secondary N) is 1. The van der Waals surface area contributed by atoms with Crippen LogP contribution in [0, 0.1) is 0 Å². The zero-order chi connectivity index (χ0) is 23.9. The minimum Gasteiger partial charge on any atom is -0.490 e. The summed E-state index contributed by atoms with van der Waals surface area (Å²) in [7, 11) is 0. The van der Waals surface area contributed by atoms with E-state index in [1.165, 1.54) is 6.21 Å². The number of nitrogens with zero attached hydrogens (tertiary/aromatic N) is 1. The molecule has 0 aliphatic carbocycles. The molecule has 4 aromatic carbocycles. The summed E-state index contributed by atoms with van der Waals surface area (Å²) in [6.45, 7) is 2.21. The molecular formula is C27H21ClN2O4. The number of rotatable bonds is 7. The van der Waals surface area contributed by atoms with E-state index in [9.17, 15) is 9.59 Å². The van der Waals surface area contributed by atoms with Gasteiger partial charge < -0.3 is 9.47 Å². The summed E-state index contributed by atoms with van der Waals surface area (Å²) < 4.78 is 11.3. The molecule has 0 bridgehead atoms. The van der Waals surface area contributed by atoms with E-state index in [4.69, 9.17) is 21.1 Å². The highest BCUT2D eigenvalue weighted by Gasteiger charge is 2.15. The van der Waals surface area contributed by atoms with Crippen molar-refractivity contribution in [2.24, 2.45) is 5.10 Å². The van der Waals surface area contributed by atoms with Crippen LogP contribution < -0.4 is 14.9 Å². The molecule has 0 atom stereocenters. The van der Waals surface area contributed by atoms with Crippen LogP contribution in [0.2, 0.25) is 5.02 Å². The SMILES string of the molecule is CCOc1cc(/C=N\NC(=O)c2ccccc2Cl)ccc1OC(=O)c1cccc2ccccc12. The van der Waals surface area contributed by atoms with Crippen molar-refractivity contribution in [3.05, 3.63) is 107 Å². The summed E-state index contributed by atoms with van der Waals surface area (Å²) in [5.41, 5.74) is 3.88. The number of hydrazone groups is 1. The average molecular weight is 473 g/mol. The maximum absolute atomic E-state index is 12.9. The van der Waals surface area contributed by atoms with E-state index in [-0.39, 0.29) is 5.75 Å². The van der Waals surface area contributed by atoms with Crippen LogP contribution in [0.15, 0.2) is 90.0 Å². The summed E-state index contributed by atoms with van der Waals surface area (Å²) in [5, 5.41) is 6.09. The number of ether oxygens (including phenoxy) is 2. The van der Waals surface area contributed by atoms with E-state index in [0.717, 1.165) is 10.8 Å². The van der Waals surface area contributed by atoms with Gasteiger partial charge in [0.1, 0.15) is 0 Å². The van der Waals surface area contributed by atoms with Crippen LogP contribution in [-0.2, 0) is 0 Å². The summed E-state index contributed by atoms with van der Waals surface area (Å²) in [6.07, 6.45) is 1.47. The predicted molar refractivity (Wildman–Crippen MR) is 133 cm³/mol. The number of fused-ring (bicyclic) bond motifs is 1. The molecule has 0 aliphatic rings. The second-order valence-corrected chi connectivity index (χ2v) is 7.64. The molecule has 4 rings (SSSR count). The van der Waals surface area contributed by atoms with Crippen LogP contribution in [0.1, 0.15) is 33.2 Å². The fourth-order valence-corrected chi connectivity index (χ4v) is 3.61. The Bertz CT molecular complexity index is 1380. The van der Waals surface area contributed by atoms with Gasteiger partial charge in [-0.05, 0) is 59.7 Å². The molecule has 1 N–H and O–H groups in total. The van der Waals surface area contributed by atoms with Gasteiger partial charge in [-0.2, -0.15) is 5.10 Å². The molecule has 7 heteroatoms. The van der Waals surface area contributed by atoms with Crippen LogP contribution in [0.4, 0.5) is 0 Å². The molecule has 0 aliphatic heterocycles. The first-order chi connectivity index (χ1) is 16.6. The Labute approximate surface area is 201 Å². The third-order valence-corrected chi connectivity index (χ3v) is 5.31. The van der Waals surface area contributed by atoms with Gasteiger partial charge in [0, 0.05) is 0 Å². The van der Waals surface area contributed by atoms with Crippen molar-refractivity contribution >= 4 is 40.5 Å². The smallest absolute Gasteiger partial charge is 0.344 e. The molecule has 1 amide bonds. The monoisotopic (exact) mass is 472 g/mol. The van der Waals surface area contributed by atoms with E-state index >= 15 is 0 Å². The lowest BCUT2D eigenvalue weighted by Crippen LogP contribution is -2.18. The van der Waals surface area contributed by atoms with Crippen LogP contribution in [-0.4, -0.2) is 24.7 Å². The molecular weight excluding hydrogens is 452 g/mol. The third kappa shape index (κ3) is 5.24. The normalized spacial score (nSPS) is 10.9. The molecule has 34 heavy (non-hydrogen) atoms. The van der Waals surface area contributed by atoms with Crippen LogP contribution in [0.3, 0.4) is 0 Å². The van der Waals surface area contributed by atoms with Gasteiger partial charge in [-0.25, -0.2) is 10.2 Å². The first kappa shape index (κ1) is 23.0. The molecule has 170 valence electrons. The van der Waals surface area contributed by atoms with Gasteiger partial charge in [-0.3, -0.25) is 4.79 Å². The van der Waals surface area contributed by atoms with E-state index in [0.29, 0.717) is 34.1 Å². The van der Waals surface area contributed by atoms with E-state index in [2.05, 4.69) is 10.5 Å². The van der Waals surface area contributed by atoms with E-state index in [1.807, 2.05) is 43.3 Å². The summed E-state index contributed by atoms with van der Waals surface area (Å²) in [6, 6.07) is 24.8. The van der Waals surface area contributed by atoms with Gasteiger partial charge in [-0.1, -0.05) is 60.1 Å². The van der Waals surface area contributed by atoms with Gasteiger partial charge in [0.05, 0.1) is 29.0 Å². The third-order valence-electron chi connectivity index (χ3n) is 4.98. The molecule has 0 fully saturated rings. The van der Waals surface area contributed by atoms with Gasteiger partial charge in [-0.15, -0.1) is 0 Å². The molecule has 4 aromatic rings. The quantitative estimate of drug-likeness (QED) is 0.158. The number of esters is 1. The molecule has 0 heterocycles. The number of hydrogen-bond acceptors (Lipinski definition) is 5. The minimum atomic E-state index is -0.480. The highest BCUT2D eigenvalue weighted by molar-refractivity contribution is 6.33. The topological polar surface area (TPSA) is 77.0 Å². The lowest BCUT2D eigenvalue weighted by molar-refractivity contribution is 0.0730. The zero-order valence-corrected chi connectivity index (χ0v) is 19.1. The Morgan fingerprint density at radius 2 is 1.65 bits per heavy atom. The summed E-state index contributed by atoms with van der Waals surface area (Å²) in [5.74, 6) is -0.229. The molecule has 0 saturated carbocycles. The van der Waals surface area contributed by atoms with Gasteiger partial charge in [0.25, 0.3) is 5.91 Å². The first-order valence-corrected chi connectivity index (χ1v) is 11.0. The van der Waals surface area contributed by atoms with E-state index < -0.39 is 11.9 Å². The number of carbonyl (C=O) groups excluding carboxylic acids is 2. The zero-order valence-electron chi connectivity index (χ0n) is 18.3. The molecule has 0 spiro atoms.